The van der Waals surface area contributed by atoms with Gasteiger partial charge in [-0.05, 0) is 35.9 Å². The lowest BCUT2D eigenvalue weighted by atomic mass is 10.00. The molecule has 0 aliphatic carbocycles. The minimum absolute atomic E-state index is 0.0334. The fraction of sp³-hybridized carbons (Fsp3) is 0.0526. The molecule has 122 valence electrons. The van der Waals surface area contributed by atoms with Gasteiger partial charge >= 0.3 is 5.97 Å². The summed E-state index contributed by atoms with van der Waals surface area (Å²) in [4.78, 5) is 30.1. The van der Waals surface area contributed by atoms with Gasteiger partial charge in [-0.15, -0.1) is 0 Å². The average molecular weight is 331 g/mol. The largest absolute Gasteiger partial charge is 0.427 e. The maximum absolute atomic E-state index is 12.3. The summed E-state index contributed by atoms with van der Waals surface area (Å²) in [7, 11) is 0. The van der Waals surface area contributed by atoms with Crippen LogP contribution in [0.2, 0.25) is 0 Å². The van der Waals surface area contributed by atoms with Crippen LogP contribution in [0.25, 0.3) is 22.4 Å². The average Bonchev–Trinajstić information content (AvgIpc) is 2.61. The summed E-state index contributed by atoms with van der Waals surface area (Å²) >= 11 is 0. The Morgan fingerprint density at radius 3 is 2.60 bits per heavy atom. The molecule has 3 rings (SSSR count). The van der Waals surface area contributed by atoms with Gasteiger partial charge in [-0.2, -0.15) is 5.26 Å². The molecule has 0 fully saturated rings. The van der Waals surface area contributed by atoms with Gasteiger partial charge in [-0.25, -0.2) is 0 Å². The highest BCUT2D eigenvalue weighted by Gasteiger charge is 2.13. The second-order valence-corrected chi connectivity index (χ2v) is 5.27. The summed E-state index contributed by atoms with van der Waals surface area (Å²) in [5.41, 5.74) is 1.97. The van der Waals surface area contributed by atoms with E-state index >= 15 is 0 Å². The standard InChI is InChI=1S/C19H13N3O3/c1-12(23)25-15-4-2-3-14(9-15)18-10-16(13-5-7-21-8-6-13)17(11-20)19(24)22-18/h2-10H,1H3,(H,22,24). The van der Waals surface area contributed by atoms with Crippen molar-refractivity contribution in [2.45, 2.75) is 6.92 Å². The second kappa shape index (κ2) is 6.81. The zero-order valence-electron chi connectivity index (χ0n) is 13.3. The van der Waals surface area contributed by atoms with E-state index in [0.29, 0.717) is 22.6 Å². The number of esters is 1. The Bertz CT molecular complexity index is 1030. The Balaban J connectivity index is 2.16. The van der Waals surface area contributed by atoms with E-state index in [1.165, 1.54) is 6.92 Å². The number of carbonyl (C=O) groups is 1. The third-order valence-electron chi connectivity index (χ3n) is 3.54. The summed E-state index contributed by atoms with van der Waals surface area (Å²) in [6.45, 7) is 1.32. The Morgan fingerprint density at radius 1 is 1.16 bits per heavy atom. The number of nitrogens with one attached hydrogen (secondary N) is 1. The van der Waals surface area contributed by atoms with Gasteiger partial charge in [-0.1, -0.05) is 12.1 Å². The highest BCUT2D eigenvalue weighted by atomic mass is 16.5. The first-order valence-corrected chi connectivity index (χ1v) is 7.45. The fourth-order valence-electron chi connectivity index (χ4n) is 2.48. The SMILES string of the molecule is CC(=O)Oc1cccc(-c2cc(-c3ccncc3)c(C#N)c(=O)[nH]2)c1. The molecular formula is C19H13N3O3. The van der Waals surface area contributed by atoms with E-state index in [4.69, 9.17) is 4.74 Å². The number of ether oxygens (including phenoxy) is 1. The van der Waals surface area contributed by atoms with E-state index in [0.717, 1.165) is 5.56 Å². The zero-order chi connectivity index (χ0) is 17.8. The van der Waals surface area contributed by atoms with Crippen LogP contribution in [-0.4, -0.2) is 15.9 Å². The van der Waals surface area contributed by atoms with Gasteiger partial charge < -0.3 is 9.72 Å². The number of hydrogen-bond donors (Lipinski definition) is 1. The van der Waals surface area contributed by atoms with Gasteiger partial charge in [0.2, 0.25) is 0 Å². The van der Waals surface area contributed by atoms with Crippen LogP contribution in [0.15, 0.2) is 59.7 Å². The molecule has 0 aliphatic heterocycles. The van der Waals surface area contributed by atoms with E-state index in [9.17, 15) is 14.9 Å². The lowest BCUT2D eigenvalue weighted by Gasteiger charge is -2.09. The lowest BCUT2D eigenvalue weighted by Crippen LogP contribution is -2.12. The van der Waals surface area contributed by atoms with Crippen LogP contribution < -0.4 is 10.3 Å². The lowest BCUT2D eigenvalue weighted by molar-refractivity contribution is -0.131. The minimum atomic E-state index is -0.482. The predicted molar refractivity (Wildman–Crippen MR) is 91.8 cm³/mol. The van der Waals surface area contributed by atoms with Crippen molar-refractivity contribution in [2.75, 3.05) is 0 Å². The van der Waals surface area contributed by atoms with Gasteiger partial charge in [0.05, 0.1) is 0 Å². The highest BCUT2D eigenvalue weighted by Crippen LogP contribution is 2.27. The van der Waals surface area contributed by atoms with Crippen LogP contribution in [0.1, 0.15) is 12.5 Å². The maximum atomic E-state index is 12.3. The molecule has 0 radical (unpaired) electrons. The number of carbonyl (C=O) groups excluding carboxylic acids is 1. The number of pyridine rings is 2. The van der Waals surface area contributed by atoms with Crippen LogP contribution in [0.4, 0.5) is 0 Å². The molecule has 2 aromatic heterocycles. The molecule has 1 aromatic carbocycles. The van der Waals surface area contributed by atoms with Gasteiger partial charge in [0, 0.05) is 36.1 Å². The summed E-state index contributed by atoms with van der Waals surface area (Å²) < 4.78 is 5.07. The van der Waals surface area contributed by atoms with Crippen molar-refractivity contribution >= 4 is 5.97 Å². The molecule has 6 heteroatoms. The van der Waals surface area contributed by atoms with Crippen LogP contribution in [0, 0.1) is 11.3 Å². The molecule has 25 heavy (non-hydrogen) atoms. The third-order valence-corrected chi connectivity index (χ3v) is 3.54. The topological polar surface area (TPSA) is 95.8 Å². The first-order valence-electron chi connectivity index (χ1n) is 7.45. The fourth-order valence-corrected chi connectivity index (χ4v) is 2.48. The number of rotatable bonds is 3. The smallest absolute Gasteiger partial charge is 0.308 e. The van der Waals surface area contributed by atoms with Crippen molar-refractivity contribution in [3.63, 3.8) is 0 Å². The van der Waals surface area contributed by atoms with E-state index in [-0.39, 0.29) is 5.56 Å². The summed E-state index contributed by atoms with van der Waals surface area (Å²) in [6, 6.07) is 13.9. The monoisotopic (exact) mass is 331 g/mol. The number of benzene rings is 1. The van der Waals surface area contributed by atoms with Crippen molar-refractivity contribution in [1.29, 1.82) is 5.26 Å². The molecule has 0 unspecified atom stereocenters. The van der Waals surface area contributed by atoms with E-state index in [2.05, 4.69) is 9.97 Å². The number of hydrogen-bond acceptors (Lipinski definition) is 5. The van der Waals surface area contributed by atoms with Crippen molar-refractivity contribution in [3.8, 4) is 34.2 Å². The minimum Gasteiger partial charge on any atom is -0.427 e. The molecule has 0 saturated heterocycles. The predicted octanol–water partition coefficient (Wildman–Crippen LogP) is 2.90. The number of nitriles is 1. The van der Waals surface area contributed by atoms with Crippen molar-refractivity contribution in [1.82, 2.24) is 9.97 Å². The molecule has 2 heterocycles. The number of nitrogens with zero attached hydrogens (tertiary/aromatic N) is 2. The Hall–Kier alpha value is -3.72. The van der Waals surface area contributed by atoms with Crippen molar-refractivity contribution in [3.05, 3.63) is 70.8 Å². The first-order chi connectivity index (χ1) is 12.1. The molecule has 0 saturated carbocycles. The first kappa shape index (κ1) is 16.1. The van der Waals surface area contributed by atoms with Gasteiger partial charge in [0.1, 0.15) is 17.4 Å². The van der Waals surface area contributed by atoms with Crippen molar-refractivity contribution < 1.29 is 9.53 Å². The quantitative estimate of drug-likeness (QED) is 0.588. The van der Waals surface area contributed by atoms with Crippen LogP contribution in [0.5, 0.6) is 5.75 Å². The number of H-pyrrole nitrogens is 1. The van der Waals surface area contributed by atoms with E-state index in [1.807, 2.05) is 6.07 Å². The normalized spacial score (nSPS) is 10.1. The van der Waals surface area contributed by atoms with Crippen molar-refractivity contribution in [2.24, 2.45) is 0 Å². The molecule has 3 aromatic rings. The van der Waals surface area contributed by atoms with E-state index < -0.39 is 11.5 Å². The van der Waals surface area contributed by atoms with Gasteiger partial charge in [0.15, 0.2) is 0 Å². The molecule has 0 bridgehead atoms. The highest BCUT2D eigenvalue weighted by molar-refractivity contribution is 5.76. The summed E-state index contributed by atoms with van der Waals surface area (Å²) in [6.07, 6.45) is 3.19. The molecule has 1 N–H and O–H groups in total. The Labute approximate surface area is 143 Å². The summed E-state index contributed by atoms with van der Waals surface area (Å²) in [5, 5.41) is 9.32. The zero-order valence-corrected chi connectivity index (χ0v) is 13.3. The summed E-state index contributed by atoms with van der Waals surface area (Å²) in [5.74, 6) is -0.0522. The Morgan fingerprint density at radius 2 is 1.92 bits per heavy atom. The van der Waals surface area contributed by atoms with Gasteiger partial charge in [-0.3, -0.25) is 14.6 Å². The second-order valence-electron chi connectivity index (χ2n) is 5.27. The number of aromatic nitrogens is 2. The Kier molecular flexibility index (Phi) is 4.40. The van der Waals surface area contributed by atoms with Crippen LogP contribution >= 0.6 is 0 Å². The number of aromatic amines is 1. The molecule has 0 amide bonds. The van der Waals surface area contributed by atoms with Gasteiger partial charge in [0.25, 0.3) is 5.56 Å². The van der Waals surface area contributed by atoms with Crippen LogP contribution in [0.3, 0.4) is 0 Å². The molecule has 0 spiro atoms. The molecule has 6 nitrogen and oxygen atoms in total. The molecule has 0 aliphatic rings. The maximum Gasteiger partial charge on any atom is 0.308 e. The molecular weight excluding hydrogens is 318 g/mol. The van der Waals surface area contributed by atoms with E-state index in [1.54, 1.807) is 54.9 Å². The third kappa shape index (κ3) is 3.46. The molecule has 0 atom stereocenters. The van der Waals surface area contributed by atoms with Crippen LogP contribution in [-0.2, 0) is 4.79 Å².